The molecule has 0 unspecified atom stereocenters. The van der Waals surface area contributed by atoms with Gasteiger partial charge in [-0.1, -0.05) is 0 Å². The summed E-state index contributed by atoms with van der Waals surface area (Å²) in [4.78, 5) is 25.4. The molecule has 6 nitrogen and oxygen atoms in total. The molecule has 28 heavy (non-hydrogen) atoms. The number of nitrogens with two attached hydrogens (primary N) is 1. The number of carbonyl (C=O) groups excluding carboxylic acids is 2. The van der Waals surface area contributed by atoms with Crippen LogP contribution in [0.4, 0.5) is 13.2 Å². The topological polar surface area (TPSA) is 95.7 Å². The van der Waals surface area contributed by atoms with Crippen molar-refractivity contribution in [1.82, 2.24) is 10.2 Å². The molecule has 9 heteroatoms. The molecule has 1 aliphatic heterocycles. The number of likely N-dealkylation sites (tertiary alicyclic amines) is 1. The van der Waals surface area contributed by atoms with Gasteiger partial charge in [-0.15, -0.1) is 0 Å². The minimum absolute atomic E-state index is 0.000583. The molecule has 0 aromatic heterocycles. The third-order valence-corrected chi connectivity index (χ3v) is 4.95. The van der Waals surface area contributed by atoms with Crippen molar-refractivity contribution in [1.29, 1.82) is 0 Å². The molecule has 2 amide bonds. The first-order chi connectivity index (χ1) is 13.2. The van der Waals surface area contributed by atoms with Crippen molar-refractivity contribution in [3.05, 3.63) is 35.1 Å². The zero-order valence-electron chi connectivity index (χ0n) is 15.8. The summed E-state index contributed by atoms with van der Waals surface area (Å²) in [6, 6.07) is 0.891. The van der Waals surface area contributed by atoms with E-state index in [0.717, 1.165) is 6.07 Å². The van der Waals surface area contributed by atoms with E-state index in [9.17, 15) is 22.8 Å². The van der Waals surface area contributed by atoms with Crippen LogP contribution in [0.5, 0.6) is 0 Å². The number of halogens is 3. The van der Waals surface area contributed by atoms with Crippen LogP contribution in [0.1, 0.15) is 31.7 Å². The van der Waals surface area contributed by atoms with E-state index in [4.69, 9.17) is 10.8 Å². The van der Waals surface area contributed by atoms with Crippen LogP contribution in [-0.2, 0) is 16.0 Å². The second-order valence-corrected chi connectivity index (χ2v) is 7.27. The van der Waals surface area contributed by atoms with E-state index in [0.29, 0.717) is 32.0 Å². The summed E-state index contributed by atoms with van der Waals surface area (Å²) in [6.45, 7) is 2.45. The lowest BCUT2D eigenvalue weighted by Crippen LogP contribution is -2.45. The molecular formula is C19H26F3N3O3. The SMILES string of the molecule is C[C@@H](O)CNC(=O)CC(=O)N1CCC([C@H](N)Cc2cc(F)c(F)cc2F)CC1. The van der Waals surface area contributed by atoms with Gasteiger partial charge >= 0.3 is 0 Å². The van der Waals surface area contributed by atoms with Gasteiger partial charge < -0.3 is 21.1 Å². The molecule has 0 bridgehead atoms. The lowest BCUT2D eigenvalue weighted by molar-refractivity contribution is -0.137. The molecule has 1 fully saturated rings. The predicted octanol–water partition coefficient (Wildman–Crippen LogP) is 1.10. The quantitative estimate of drug-likeness (QED) is 0.471. The number of benzene rings is 1. The molecule has 0 spiro atoms. The van der Waals surface area contributed by atoms with Gasteiger partial charge in [0.05, 0.1) is 6.10 Å². The molecule has 2 rings (SSSR count). The number of nitrogens with zero attached hydrogens (tertiary/aromatic N) is 1. The highest BCUT2D eigenvalue weighted by Crippen LogP contribution is 2.24. The summed E-state index contributed by atoms with van der Waals surface area (Å²) in [6.07, 6.45) is 0.254. The fourth-order valence-electron chi connectivity index (χ4n) is 3.29. The van der Waals surface area contributed by atoms with Crippen molar-refractivity contribution >= 4 is 11.8 Å². The number of hydrogen-bond donors (Lipinski definition) is 3. The first kappa shape index (κ1) is 22.2. The normalized spacial score (nSPS) is 17.3. The average Bonchev–Trinajstić information content (AvgIpc) is 2.64. The molecule has 1 heterocycles. The average molecular weight is 401 g/mol. The summed E-state index contributed by atoms with van der Waals surface area (Å²) in [5.41, 5.74) is 6.16. The van der Waals surface area contributed by atoms with Crippen LogP contribution in [0.25, 0.3) is 0 Å². The second kappa shape index (κ2) is 9.88. The van der Waals surface area contributed by atoms with Gasteiger partial charge in [0.25, 0.3) is 0 Å². The summed E-state index contributed by atoms with van der Waals surface area (Å²) in [7, 11) is 0. The zero-order valence-corrected chi connectivity index (χ0v) is 15.8. The Labute approximate surface area is 161 Å². The fourth-order valence-corrected chi connectivity index (χ4v) is 3.29. The molecule has 4 N–H and O–H groups in total. The zero-order chi connectivity index (χ0) is 20.8. The number of piperidine rings is 1. The molecule has 1 aromatic rings. The van der Waals surface area contributed by atoms with E-state index in [1.165, 1.54) is 6.92 Å². The summed E-state index contributed by atoms with van der Waals surface area (Å²) in [5.74, 6) is -3.93. The Bertz CT molecular complexity index is 707. The van der Waals surface area contributed by atoms with Crippen molar-refractivity contribution in [2.75, 3.05) is 19.6 Å². The third-order valence-electron chi connectivity index (χ3n) is 4.95. The Morgan fingerprint density at radius 1 is 1.21 bits per heavy atom. The van der Waals surface area contributed by atoms with E-state index in [2.05, 4.69) is 5.32 Å². The van der Waals surface area contributed by atoms with Gasteiger partial charge in [-0.3, -0.25) is 9.59 Å². The Morgan fingerprint density at radius 3 is 2.43 bits per heavy atom. The summed E-state index contributed by atoms with van der Waals surface area (Å²) >= 11 is 0. The maximum absolute atomic E-state index is 13.8. The Balaban J connectivity index is 1.82. The molecule has 156 valence electrons. The molecule has 1 saturated heterocycles. The number of rotatable bonds is 7. The molecule has 0 aliphatic carbocycles. The van der Waals surface area contributed by atoms with Crippen LogP contribution in [0.2, 0.25) is 0 Å². The van der Waals surface area contributed by atoms with Crippen LogP contribution in [0, 0.1) is 23.4 Å². The fraction of sp³-hybridized carbons (Fsp3) is 0.579. The van der Waals surface area contributed by atoms with Crippen molar-refractivity contribution < 1.29 is 27.9 Å². The van der Waals surface area contributed by atoms with Gasteiger partial charge in [0, 0.05) is 31.7 Å². The van der Waals surface area contributed by atoms with E-state index in [-0.39, 0.29) is 36.8 Å². The van der Waals surface area contributed by atoms with Crippen LogP contribution in [-0.4, -0.2) is 53.6 Å². The van der Waals surface area contributed by atoms with Crippen LogP contribution < -0.4 is 11.1 Å². The third kappa shape index (κ3) is 6.20. The van der Waals surface area contributed by atoms with E-state index < -0.39 is 35.5 Å². The number of aliphatic hydroxyl groups excluding tert-OH is 1. The molecule has 0 radical (unpaired) electrons. The minimum Gasteiger partial charge on any atom is -0.392 e. The Morgan fingerprint density at radius 2 is 1.82 bits per heavy atom. The highest BCUT2D eigenvalue weighted by atomic mass is 19.2. The Kier molecular flexibility index (Phi) is 7.82. The largest absolute Gasteiger partial charge is 0.392 e. The summed E-state index contributed by atoms with van der Waals surface area (Å²) in [5, 5.41) is 11.6. The summed E-state index contributed by atoms with van der Waals surface area (Å²) < 4.78 is 40.1. The van der Waals surface area contributed by atoms with E-state index >= 15 is 0 Å². The van der Waals surface area contributed by atoms with Crippen LogP contribution in [0.3, 0.4) is 0 Å². The number of hydrogen-bond acceptors (Lipinski definition) is 4. The van der Waals surface area contributed by atoms with Crippen molar-refractivity contribution in [2.24, 2.45) is 11.7 Å². The van der Waals surface area contributed by atoms with E-state index in [1.807, 2.05) is 0 Å². The first-order valence-corrected chi connectivity index (χ1v) is 9.29. The highest BCUT2D eigenvalue weighted by Gasteiger charge is 2.28. The van der Waals surface area contributed by atoms with Crippen LogP contribution >= 0.6 is 0 Å². The standard InChI is InChI=1S/C19H26F3N3O3/c1-11(26)10-24-18(27)9-19(28)25-4-2-12(3-5-25)17(23)7-13-6-15(21)16(22)8-14(13)20/h6,8,11-12,17,26H,2-5,7,9-10,23H2,1H3,(H,24,27)/t11-,17-/m1/s1. The monoisotopic (exact) mass is 401 g/mol. The van der Waals surface area contributed by atoms with Crippen LogP contribution in [0.15, 0.2) is 12.1 Å². The minimum atomic E-state index is -1.24. The lowest BCUT2D eigenvalue weighted by Gasteiger charge is -2.35. The first-order valence-electron chi connectivity index (χ1n) is 9.29. The van der Waals surface area contributed by atoms with Gasteiger partial charge in [0.2, 0.25) is 11.8 Å². The maximum atomic E-state index is 13.8. The Hall–Kier alpha value is -2.13. The number of carbonyl (C=O) groups is 2. The number of amides is 2. The smallest absolute Gasteiger partial charge is 0.232 e. The van der Waals surface area contributed by atoms with Gasteiger partial charge in [-0.05, 0) is 43.7 Å². The van der Waals surface area contributed by atoms with Crippen molar-refractivity contribution in [3.8, 4) is 0 Å². The van der Waals surface area contributed by atoms with Gasteiger partial charge in [0.1, 0.15) is 12.2 Å². The molecule has 2 atom stereocenters. The van der Waals surface area contributed by atoms with Gasteiger partial charge in [0.15, 0.2) is 11.6 Å². The number of nitrogens with one attached hydrogen (secondary N) is 1. The van der Waals surface area contributed by atoms with Gasteiger partial charge in [-0.2, -0.15) is 0 Å². The molecule has 1 aliphatic rings. The number of aliphatic hydroxyl groups is 1. The van der Waals surface area contributed by atoms with Crippen molar-refractivity contribution in [2.45, 2.75) is 44.8 Å². The lowest BCUT2D eigenvalue weighted by atomic mass is 9.86. The molecule has 1 aromatic carbocycles. The highest BCUT2D eigenvalue weighted by molar-refractivity contribution is 5.96. The molecule has 0 saturated carbocycles. The van der Waals surface area contributed by atoms with E-state index in [1.54, 1.807) is 4.90 Å². The maximum Gasteiger partial charge on any atom is 0.232 e. The van der Waals surface area contributed by atoms with Gasteiger partial charge in [-0.25, -0.2) is 13.2 Å². The molecular weight excluding hydrogens is 375 g/mol. The predicted molar refractivity (Wildman–Crippen MR) is 96.6 cm³/mol. The van der Waals surface area contributed by atoms with Crippen molar-refractivity contribution in [3.63, 3.8) is 0 Å². The second-order valence-electron chi connectivity index (χ2n) is 7.27.